The maximum atomic E-state index is 12.8. The zero-order valence-corrected chi connectivity index (χ0v) is 18.0. The molecule has 2 atom stereocenters. The number of methoxy groups -OCH3 is 1. The van der Waals surface area contributed by atoms with Crippen LogP contribution in [0, 0.1) is 13.8 Å². The highest BCUT2D eigenvalue weighted by Gasteiger charge is 2.30. The lowest BCUT2D eigenvalue weighted by atomic mass is 10.0. The fraction of sp³-hybridized carbons (Fsp3) is 0.381. The highest BCUT2D eigenvalue weighted by molar-refractivity contribution is 7.92. The first-order valence-electron chi connectivity index (χ1n) is 9.05. The Labute approximate surface area is 167 Å². The molecular weight excluding hydrogens is 376 g/mol. The third-order valence-corrected chi connectivity index (χ3v) is 6.03. The van der Waals surface area contributed by atoms with Crippen LogP contribution >= 0.6 is 0 Å². The molecule has 152 valence electrons. The molecule has 28 heavy (non-hydrogen) atoms. The fourth-order valence-corrected chi connectivity index (χ4v) is 4.17. The summed E-state index contributed by atoms with van der Waals surface area (Å²) in [5.74, 6) is 0.140. The van der Waals surface area contributed by atoms with Crippen LogP contribution in [0.25, 0.3) is 0 Å². The maximum absolute atomic E-state index is 12.8. The molecule has 0 unspecified atom stereocenters. The summed E-state index contributed by atoms with van der Waals surface area (Å²) in [6, 6.07) is 11.5. The number of amides is 1. The Balaban J connectivity index is 2.27. The molecule has 0 heterocycles. The third kappa shape index (κ3) is 5.04. The number of ether oxygens (including phenoxy) is 1. The Kier molecular flexibility index (Phi) is 6.72. The van der Waals surface area contributed by atoms with E-state index in [1.54, 1.807) is 31.2 Å². The first-order chi connectivity index (χ1) is 13.0. The molecule has 6 nitrogen and oxygen atoms in total. The Morgan fingerprint density at radius 1 is 1.07 bits per heavy atom. The van der Waals surface area contributed by atoms with Crippen molar-refractivity contribution in [1.29, 1.82) is 0 Å². The van der Waals surface area contributed by atoms with E-state index in [2.05, 4.69) is 5.32 Å². The lowest BCUT2D eigenvalue weighted by molar-refractivity contribution is -0.122. The molecule has 0 aliphatic rings. The molecule has 0 fully saturated rings. The lowest BCUT2D eigenvalue weighted by Gasteiger charge is -2.29. The van der Waals surface area contributed by atoms with Gasteiger partial charge in [-0.1, -0.05) is 24.3 Å². The van der Waals surface area contributed by atoms with E-state index < -0.39 is 16.1 Å². The molecule has 0 saturated heterocycles. The van der Waals surface area contributed by atoms with Crippen LogP contribution in [0.4, 0.5) is 5.69 Å². The molecule has 0 spiro atoms. The molecular formula is C21H28N2O4S. The Morgan fingerprint density at radius 3 is 2.32 bits per heavy atom. The number of benzene rings is 2. The Hall–Kier alpha value is -2.54. The number of rotatable bonds is 7. The van der Waals surface area contributed by atoms with Gasteiger partial charge in [-0.15, -0.1) is 0 Å². The number of carbonyl (C=O) groups excluding carboxylic acids is 1. The van der Waals surface area contributed by atoms with Gasteiger partial charge in [0.2, 0.25) is 15.9 Å². The van der Waals surface area contributed by atoms with Crippen LogP contribution in [0.3, 0.4) is 0 Å². The van der Waals surface area contributed by atoms with Crippen LogP contribution < -0.4 is 14.4 Å². The molecule has 2 aromatic rings. The molecule has 0 bridgehead atoms. The highest BCUT2D eigenvalue weighted by Crippen LogP contribution is 2.26. The summed E-state index contributed by atoms with van der Waals surface area (Å²) < 4.78 is 31.1. The number of nitrogens with one attached hydrogen (secondary N) is 1. The second kappa shape index (κ2) is 8.65. The van der Waals surface area contributed by atoms with Crippen LogP contribution in [0.2, 0.25) is 0 Å². The van der Waals surface area contributed by atoms with Crippen LogP contribution in [-0.2, 0) is 14.8 Å². The summed E-state index contributed by atoms with van der Waals surface area (Å²) in [5, 5.41) is 2.92. The van der Waals surface area contributed by atoms with Gasteiger partial charge in [-0.05, 0) is 56.5 Å². The van der Waals surface area contributed by atoms with Crippen molar-refractivity contribution < 1.29 is 17.9 Å². The molecule has 1 amide bonds. The van der Waals surface area contributed by atoms with Gasteiger partial charge in [0, 0.05) is 6.07 Å². The standard InChI is InChI=1S/C21H28N2O4S/c1-14-10-11-18(12-15(14)2)16(3)22-21(24)17(4)23(28(6,25)26)19-8-7-9-20(13-19)27-5/h7-13,16-17H,1-6H3,(H,22,24)/t16-,17+/m1/s1. The zero-order chi connectivity index (χ0) is 21.1. The van der Waals surface area contributed by atoms with Crippen LogP contribution in [0.5, 0.6) is 5.75 Å². The maximum Gasteiger partial charge on any atom is 0.244 e. The van der Waals surface area contributed by atoms with E-state index in [1.807, 2.05) is 39.0 Å². The second-order valence-electron chi connectivity index (χ2n) is 7.01. The molecule has 0 aliphatic carbocycles. The van der Waals surface area contributed by atoms with Gasteiger partial charge in [0.1, 0.15) is 11.8 Å². The second-order valence-corrected chi connectivity index (χ2v) is 8.87. The highest BCUT2D eigenvalue weighted by atomic mass is 32.2. The van der Waals surface area contributed by atoms with Gasteiger partial charge in [0.15, 0.2) is 0 Å². The van der Waals surface area contributed by atoms with E-state index in [0.717, 1.165) is 21.7 Å². The molecule has 0 saturated carbocycles. The molecule has 2 rings (SSSR count). The summed E-state index contributed by atoms with van der Waals surface area (Å²) in [7, 11) is -2.18. The quantitative estimate of drug-likeness (QED) is 0.768. The van der Waals surface area contributed by atoms with Gasteiger partial charge in [-0.3, -0.25) is 9.10 Å². The number of hydrogen-bond acceptors (Lipinski definition) is 4. The van der Waals surface area contributed by atoms with Crippen molar-refractivity contribution in [3.8, 4) is 5.75 Å². The van der Waals surface area contributed by atoms with Crippen LogP contribution in [-0.4, -0.2) is 33.7 Å². The normalized spacial score (nSPS) is 13.5. The number of sulfonamides is 1. The number of aryl methyl sites for hydroxylation is 2. The largest absolute Gasteiger partial charge is 0.497 e. The topological polar surface area (TPSA) is 75.7 Å². The molecule has 1 N–H and O–H groups in total. The summed E-state index contributed by atoms with van der Waals surface area (Å²) in [6.07, 6.45) is 1.09. The van der Waals surface area contributed by atoms with Crippen molar-refractivity contribution in [3.05, 3.63) is 59.2 Å². The van der Waals surface area contributed by atoms with Gasteiger partial charge < -0.3 is 10.1 Å². The van der Waals surface area contributed by atoms with Crippen LogP contribution in [0.15, 0.2) is 42.5 Å². The smallest absolute Gasteiger partial charge is 0.244 e. The van der Waals surface area contributed by atoms with Gasteiger partial charge in [-0.2, -0.15) is 0 Å². The third-order valence-electron chi connectivity index (χ3n) is 4.79. The van der Waals surface area contributed by atoms with Gasteiger partial charge in [-0.25, -0.2) is 8.42 Å². The molecule has 7 heteroatoms. The van der Waals surface area contributed by atoms with E-state index in [4.69, 9.17) is 4.74 Å². The van der Waals surface area contributed by atoms with Crippen molar-refractivity contribution in [1.82, 2.24) is 5.32 Å². The molecule has 0 aromatic heterocycles. The van der Waals surface area contributed by atoms with Crippen molar-refractivity contribution >= 4 is 21.6 Å². The van der Waals surface area contributed by atoms with Crippen molar-refractivity contribution in [2.75, 3.05) is 17.7 Å². The monoisotopic (exact) mass is 404 g/mol. The van der Waals surface area contributed by atoms with E-state index in [0.29, 0.717) is 11.4 Å². The minimum Gasteiger partial charge on any atom is -0.497 e. The van der Waals surface area contributed by atoms with Crippen molar-refractivity contribution in [2.45, 2.75) is 39.8 Å². The SMILES string of the molecule is COc1cccc(N([C@@H](C)C(=O)N[C@H](C)c2ccc(C)c(C)c2)S(C)(=O)=O)c1. The van der Waals surface area contributed by atoms with E-state index in [9.17, 15) is 13.2 Å². The van der Waals surface area contributed by atoms with Gasteiger partial charge >= 0.3 is 0 Å². The summed E-state index contributed by atoms with van der Waals surface area (Å²) in [5.41, 5.74) is 3.66. The number of nitrogens with zero attached hydrogens (tertiary/aromatic N) is 1. The number of anilines is 1. The van der Waals surface area contributed by atoms with Gasteiger partial charge in [0.25, 0.3) is 0 Å². The fourth-order valence-electron chi connectivity index (χ4n) is 3.01. The summed E-state index contributed by atoms with van der Waals surface area (Å²) in [4.78, 5) is 12.8. The number of carbonyl (C=O) groups is 1. The molecule has 0 aliphatic heterocycles. The van der Waals surface area contributed by atoms with Crippen molar-refractivity contribution in [3.63, 3.8) is 0 Å². The summed E-state index contributed by atoms with van der Waals surface area (Å²) in [6.45, 7) is 7.50. The zero-order valence-electron chi connectivity index (χ0n) is 17.2. The molecule has 0 radical (unpaired) electrons. The summed E-state index contributed by atoms with van der Waals surface area (Å²) >= 11 is 0. The Bertz CT molecular complexity index is 957. The first-order valence-corrected chi connectivity index (χ1v) is 10.9. The van der Waals surface area contributed by atoms with E-state index >= 15 is 0 Å². The van der Waals surface area contributed by atoms with Crippen LogP contribution in [0.1, 0.15) is 36.6 Å². The van der Waals surface area contributed by atoms with Crippen molar-refractivity contribution in [2.24, 2.45) is 0 Å². The minimum absolute atomic E-state index is 0.249. The van der Waals surface area contributed by atoms with E-state index in [1.165, 1.54) is 12.7 Å². The first kappa shape index (κ1) is 21.8. The predicted octanol–water partition coefficient (Wildman–Crippen LogP) is 3.34. The predicted molar refractivity (Wildman–Crippen MR) is 112 cm³/mol. The van der Waals surface area contributed by atoms with Gasteiger partial charge in [0.05, 0.1) is 25.1 Å². The average molecular weight is 405 g/mol. The minimum atomic E-state index is -3.68. The van der Waals surface area contributed by atoms with E-state index in [-0.39, 0.29) is 11.9 Å². The average Bonchev–Trinajstić information content (AvgIpc) is 2.62. The molecule has 2 aromatic carbocycles. The lowest BCUT2D eigenvalue weighted by Crippen LogP contribution is -2.48. The number of hydrogen-bond donors (Lipinski definition) is 1. The Morgan fingerprint density at radius 2 is 1.75 bits per heavy atom.